The summed E-state index contributed by atoms with van der Waals surface area (Å²) in [6, 6.07) is 35.1. The van der Waals surface area contributed by atoms with Crippen LogP contribution in [0.15, 0.2) is 103 Å². The summed E-state index contributed by atoms with van der Waals surface area (Å²) in [5.74, 6) is 1.44. The SMILES string of the molecule is COc1ccc(-c2nc3c(c(-c4ccc(Cl)cc4)nn3-c3ccccc3)c(-c3ccc(OC)cc3)c2C#N)cc1. The lowest BCUT2D eigenvalue weighted by molar-refractivity contribution is 0.415. The molecule has 194 valence electrons. The third-order valence-corrected chi connectivity index (χ3v) is 7.04. The standard InChI is InChI=1S/C33H23ClN4O2/c1-39-26-16-10-21(11-17-26)29-28(20-35)31(22-12-18-27(40-2)19-13-22)36-33-30(29)32(23-8-14-24(34)15-9-23)37-38(33)25-6-4-3-5-7-25/h3-19H,1-2H3. The van der Waals surface area contributed by atoms with E-state index in [1.165, 1.54) is 0 Å². The number of rotatable bonds is 6. The summed E-state index contributed by atoms with van der Waals surface area (Å²) in [5.41, 5.74) is 6.44. The average Bonchev–Trinajstić information content (AvgIpc) is 3.40. The fourth-order valence-electron chi connectivity index (χ4n) is 4.82. The van der Waals surface area contributed by atoms with Crippen LogP contribution in [0, 0.1) is 11.3 Å². The van der Waals surface area contributed by atoms with Crippen LogP contribution in [0.1, 0.15) is 5.56 Å². The zero-order chi connectivity index (χ0) is 27.6. The summed E-state index contributed by atoms with van der Waals surface area (Å²) in [5, 5.41) is 17.1. The first-order valence-electron chi connectivity index (χ1n) is 12.6. The molecular weight excluding hydrogens is 520 g/mol. The predicted octanol–water partition coefficient (Wildman–Crippen LogP) is 7.96. The van der Waals surface area contributed by atoms with Crippen molar-refractivity contribution in [3.8, 4) is 56.9 Å². The van der Waals surface area contributed by atoms with Gasteiger partial charge in [-0.15, -0.1) is 0 Å². The quantitative estimate of drug-likeness (QED) is 0.213. The molecule has 0 aliphatic rings. The third-order valence-electron chi connectivity index (χ3n) is 6.79. The normalized spacial score (nSPS) is 10.8. The van der Waals surface area contributed by atoms with Crippen LogP contribution < -0.4 is 9.47 Å². The Bertz CT molecular complexity index is 1860. The molecule has 0 radical (unpaired) electrons. The van der Waals surface area contributed by atoms with Crippen LogP contribution >= 0.6 is 11.6 Å². The van der Waals surface area contributed by atoms with Crippen LogP contribution in [0.25, 0.3) is 50.4 Å². The maximum absolute atomic E-state index is 10.6. The monoisotopic (exact) mass is 542 g/mol. The number of aromatic nitrogens is 3. The molecule has 40 heavy (non-hydrogen) atoms. The smallest absolute Gasteiger partial charge is 0.164 e. The molecule has 4 aromatic carbocycles. The van der Waals surface area contributed by atoms with Crippen molar-refractivity contribution in [2.24, 2.45) is 0 Å². The number of fused-ring (bicyclic) bond motifs is 1. The second kappa shape index (κ2) is 10.6. The van der Waals surface area contributed by atoms with E-state index in [9.17, 15) is 5.26 Å². The molecule has 6 aromatic rings. The van der Waals surface area contributed by atoms with E-state index < -0.39 is 0 Å². The zero-order valence-corrected chi connectivity index (χ0v) is 22.6. The molecule has 0 N–H and O–H groups in total. The Kier molecular flexibility index (Phi) is 6.65. The Balaban J connectivity index is 1.77. The van der Waals surface area contributed by atoms with Crippen molar-refractivity contribution in [2.75, 3.05) is 14.2 Å². The molecular formula is C33H23ClN4O2. The van der Waals surface area contributed by atoms with Gasteiger partial charge >= 0.3 is 0 Å². The Morgan fingerprint density at radius 1 is 0.700 bits per heavy atom. The first-order valence-corrected chi connectivity index (χ1v) is 13.0. The van der Waals surface area contributed by atoms with Gasteiger partial charge in [-0.2, -0.15) is 10.4 Å². The molecule has 0 amide bonds. The molecule has 0 saturated carbocycles. The first kappa shape index (κ1) is 25.2. The molecule has 0 fully saturated rings. The van der Waals surface area contributed by atoms with Gasteiger partial charge in [0.05, 0.1) is 36.6 Å². The van der Waals surface area contributed by atoms with E-state index in [1.807, 2.05) is 108 Å². The minimum atomic E-state index is 0.450. The fraction of sp³-hybridized carbons (Fsp3) is 0.0606. The molecule has 0 unspecified atom stereocenters. The molecule has 2 aromatic heterocycles. The Morgan fingerprint density at radius 3 is 1.82 bits per heavy atom. The van der Waals surface area contributed by atoms with Crippen LogP contribution in [0.5, 0.6) is 11.5 Å². The summed E-state index contributed by atoms with van der Waals surface area (Å²) < 4.78 is 12.6. The summed E-state index contributed by atoms with van der Waals surface area (Å²) in [6.07, 6.45) is 0. The highest BCUT2D eigenvalue weighted by Crippen LogP contribution is 2.42. The van der Waals surface area contributed by atoms with Gasteiger partial charge in [0.2, 0.25) is 0 Å². The van der Waals surface area contributed by atoms with E-state index in [4.69, 9.17) is 31.2 Å². The summed E-state index contributed by atoms with van der Waals surface area (Å²) in [7, 11) is 3.25. The van der Waals surface area contributed by atoms with Gasteiger partial charge < -0.3 is 9.47 Å². The van der Waals surface area contributed by atoms with Gasteiger partial charge in [-0.05, 0) is 66.2 Å². The first-order chi connectivity index (χ1) is 19.6. The van der Waals surface area contributed by atoms with Crippen molar-refractivity contribution in [1.29, 1.82) is 5.26 Å². The number of nitrogens with zero attached hydrogens (tertiary/aromatic N) is 4. The van der Waals surface area contributed by atoms with Crippen molar-refractivity contribution < 1.29 is 9.47 Å². The second-order valence-corrected chi connectivity index (χ2v) is 9.52. The Labute approximate surface area is 236 Å². The number of ether oxygens (including phenoxy) is 2. The molecule has 0 spiro atoms. The van der Waals surface area contributed by atoms with E-state index in [0.29, 0.717) is 27.6 Å². The van der Waals surface area contributed by atoms with Crippen LogP contribution in [0.4, 0.5) is 0 Å². The average molecular weight is 543 g/mol. The lowest BCUT2D eigenvalue weighted by atomic mass is 9.92. The van der Waals surface area contributed by atoms with Gasteiger partial charge in [0.1, 0.15) is 23.3 Å². The van der Waals surface area contributed by atoms with Crippen LogP contribution in [0.2, 0.25) is 5.02 Å². The fourth-order valence-corrected chi connectivity index (χ4v) is 4.95. The molecule has 0 atom stereocenters. The predicted molar refractivity (Wildman–Crippen MR) is 158 cm³/mol. The number of pyridine rings is 1. The highest BCUT2D eigenvalue weighted by molar-refractivity contribution is 6.30. The van der Waals surface area contributed by atoms with Gasteiger partial charge in [-0.25, -0.2) is 9.67 Å². The van der Waals surface area contributed by atoms with Gasteiger partial charge in [0.15, 0.2) is 5.65 Å². The largest absolute Gasteiger partial charge is 0.497 e. The number of benzene rings is 4. The van der Waals surface area contributed by atoms with Crippen molar-refractivity contribution in [3.05, 3.63) is 114 Å². The maximum Gasteiger partial charge on any atom is 0.164 e. The molecule has 6 rings (SSSR count). The van der Waals surface area contributed by atoms with Crippen molar-refractivity contribution in [3.63, 3.8) is 0 Å². The highest BCUT2D eigenvalue weighted by atomic mass is 35.5. The minimum absolute atomic E-state index is 0.450. The topological polar surface area (TPSA) is 73.0 Å². The molecule has 7 heteroatoms. The number of nitriles is 1. The van der Waals surface area contributed by atoms with E-state index in [0.717, 1.165) is 44.8 Å². The molecule has 6 nitrogen and oxygen atoms in total. The summed E-state index contributed by atoms with van der Waals surface area (Å²) in [4.78, 5) is 5.12. The minimum Gasteiger partial charge on any atom is -0.497 e. The van der Waals surface area contributed by atoms with Crippen molar-refractivity contribution in [1.82, 2.24) is 14.8 Å². The summed E-state index contributed by atoms with van der Waals surface area (Å²) >= 11 is 6.23. The van der Waals surface area contributed by atoms with Gasteiger partial charge in [-0.1, -0.05) is 54.1 Å². The molecule has 0 aliphatic heterocycles. The second-order valence-electron chi connectivity index (χ2n) is 9.08. The Hall–Kier alpha value is -5.12. The van der Waals surface area contributed by atoms with Crippen LogP contribution in [-0.2, 0) is 0 Å². The number of halogens is 1. The van der Waals surface area contributed by atoms with Gasteiger partial charge in [-0.3, -0.25) is 0 Å². The number of para-hydroxylation sites is 1. The van der Waals surface area contributed by atoms with Gasteiger partial charge in [0, 0.05) is 21.7 Å². The molecule has 0 bridgehead atoms. The van der Waals surface area contributed by atoms with E-state index >= 15 is 0 Å². The van der Waals surface area contributed by atoms with Crippen LogP contribution in [0.3, 0.4) is 0 Å². The number of hydrogen-bond acceptors (Lipinski definition) is 5. The van der Waals surface area contributed by atoms with Gasteiger partial charge in [0.25, 0.3) is 0 Å². The van der Waals surface area contributed by atoms with E-state index in [-0.39, 0.29) is 0 Å². The van der Waals surface area contributed by atoms with Crippen molar-refractivity contribution in [2.45, 2.75) is 0 Å². The van der Waals surface area contributed by atoms with E-state index in [2.05, 4.69) is 6.07 Å². The van der Waals surface area contributed by atoms with E-state index in [1.54, 1.807) is 14.2 Å². The van der Waals surface area contributed by atoms with Crippen molar-refractivity contribution >= 4 is 22.6 Å². The lowest BCUT2D eigenvalue weighted by Gasteiger charge is -2.14. The zero-order valence-electron chi connectivity index (χ0n) is 21.8. The lowest BCUT2D eigenvalue weighted by Crippen LogP contribution is -2.01. The number of hydrogen-bond donors (Lipinski definition) is 0. The maximum atomic E-state index is 10.6. The number of methoxy groups -OCH3 is 2. The Morgan fingerprint density at radius 2 is 1.25 bits per heavy atom. The molecule has 0 saturated heterocycles. The molecule has 2 heterocycles. The van der Waals surface area contributed by atoms with Crippen LogP contribution in [-0.4, -0.2) is 29.0 Å². The highest BCUT2D eigenvalue weighted by Gasteiger charge is 2.25. The molecule has 0 aliphatic carbocycles. The third kappa shape index (κ3) is 4.43. The summed E-state index contributed by atoms with van der Waals surface area (Å²) in [6.45, 7) is 0.